The summed E-state index contributed by atoms with van der Waals surface area (Å²) in [5.74, 6) is -0.902. The first kappa shape index (κ1) is 15.6. The molecule has 0 spiro atoms. The minimum absolute atomic E-state index is 0.128. The highest BCUT2D eigenvalue weighted by Gasteiger charge is 2.14. The average Bonchev–Trinajstić information content (AvgIpc) is 2.81. The van der Waals surface area contributed by atoms with Gasteiger partial charge in [-0.25, -0.2) is 0 Å². The van der Waals surface area contributed by atoms with Crippen molar-refractivity contribution in [3.8, 4) is 0 Å². The molecule has 0 radical (unpaired) electrons. The van der Waals surface area contributed by atoms with E-state index in [9.17, 15) is 9.59 Å². The lowest BCUT2D eigenvalue weighted by molar-refractivity contribution is -0.137. The first-order valence-corrected chi connectivity index (χ1v) is 7.23. The molecule has 0 bridgehead atoms. The molecule has 0 saturated carbocycles. The van der Waals surface area contributed by atoms with E-state index in [2.05, 4.69) is 14.9 Å². The molecule has 1 rings (SSSR count). The second-order valence-electron chi connectivity index (χ2n) is 4.26. The number of aromatic nitrogens is 2. The van der Waals surface area contributed by atoms with Gasteiger partial charge < -0.3 is 10.4 Å². The van der Waals surface area contributed by atoms with E-state index in [1.54, 1.807) is 0 Å². The van der Waals surface area contributed by atoms with Crippen LogP contribution in [0.1, 0.15) is 54.4 Å². The molecule has 1 aromatic heterocycles. The Morgan fingerprint density at radius 2 is 2.11 bits per heavy atom. The minimum atomic E-state index is -0.774. The summed E-state index contributed by atoms with van der Waals surface area (Å²) in [6.45, 7) is 2.59. The third-order valence-corrected chi connectivity index (χ3v) is 3.37. The van der Waals surface area contributed by atoms with Crippen LogP contribution in [0.2, 0.25) is 0 Å². The molecule has 0 aromatic carbocycles. The van der Waals surface area contributed by atoms with Crippen LogP contribution in [0.15, 0.2) is 0 Å². The van der Waals surface area contributed by atoms with E-state index < -0.39 is 5.97 Å². The van der Waals surface area contributed by atoms with Crippen molar-refractivity contribution in [2.24, 2.45) is 0 Å². The highest BCUT2D eigenvalue weighted by molar-refractivity contribution is 7.08. The number of hydrogen-bond acceptors (Lipinski definition) is 5. The van der Waals surface area contributed by atoms with Crippen molar-refractivity contribution in [1.82, 2.24) is 14.9 Å². The van der Waals surface area contributed by atoms with Gasteiger partial charge in [0, 0.05) is 13.0 Å². The number of unbranched alkanes of at least 4 members (excludes halogenated alkanes) is 2. The van der Waals surface area contributed by atoms with E-state index in [0.29, 0.717) is 17.8 Å². The summed E-state index contributed by atoms with van der Waals surface area (Å²) < 4.78 is 3.80. The summed E-state index contributed by atoms with van der Waals surface area (Å²) in [4.78, 5) is 22.8. The Balaban J connectivity index is 2.23. The number of aryl methyl sites for hydroxylation is 1. The topological polar surface area (TPSA) is 92.2 Å². The maximum absolute atomic E-state index is 11.9. The summed E-state index contributed by atoms with van der Waals surface area (Å²) >= 11 is 1.12. The Labute approximate surface area is 116 Å². The van der Waals surface area contributed by atoms with Gasteiger partial charge in [0.2, 0.25) is 0 Å². The maximum Gasteiger partial charge on any atom is 0.303 e. The number of carboxylic acid groups (broad SMARTS) is 1. The van der Waals surface area contributed by atoms with Crippen LogP contribution >= 0.6 is 11.5 Å². The highest BCUT2D eigenvalue weighted by atomic mass is 32.1. The van der Waals surface area contributed by atoms with Gasteiger partial charge in [-0.3, -0.25) is 9.59 Å². The van der Waals surface area contributed by atoms with Crippen molar-refractivity contribution in [1.29, 1.82) is 0 Å². The summed E-state index contributed by atoms with van der Waals surface area (Å²) in [6, 6.07) is 0. The normalized spacial score (nSPS) is 10.4. The number of aliphatic carboxylic acids is 1. The van der Waals surface area contributed by atoms with E-state index >= 15 is 0 Å². The van der Waals surface area contributed by atoms with Crippen molar-refractivity contribution in [2.75, 3.05) is 6.54 Å². The molecule has 19 heavy (non-hydrogen) atoms. The highest BCUT2D eigenvalue weighted by Crippen LogP contribution is 2.12. The van der Waals surface area contributed by atoms with E-state index in [4.69, 9.17) is 5.11 Å². The van der Waals surface area contributed by atoms with Gasteiger partial charge in [-0.15, -0.1) is 5.10 Å². The number of nitrogens with zero attached hydrogens (tertiary/aromatic N) is 2. The lowest BCUT2D eigenvalue weighted by Gasteiger charge is -2.03. The molecule has 0 aliphatic rings. The van der Waals surface area contributed by atoms with E-state index in [0.717, 1.165) is 42.9 Å². The first-order chi connectivity index (χ1) is 9.15. The van der Waals surface area contributed by atoms with Gasteiger partial charge in [-0.2, -0.15) is 0 Å². The standard InChI is InChI=1S/C12H19N3O3S/c1-2-6-9-11(19-15-14-9)12(18)13-8-5-3-4-7-10(16)17/h2-8H2,1H3,(H,13,18)(H,16,17). The number of carboxylic acids is 1. The Morgan fingerprint density at radius 1 is 1.32 bits per heavy atom. The second kappa shape index (κ2) is 8.58. The molecule has 2 N–H and O–H groups in total. The summed E-state index contributed by atoms with van der Waals surface area (Å²) in [7, 11) is 0. The van der Waals surface area contributed by atoms with Crippen LogP contribution < -0.4 is 5.32 Å². The van der Waals surface area contributed by atoms with Crippen molar-refractivity contribution in [2.45, 2.75) is 45.4 Å². The predicted molar refractivity (Wildman–Crippen MR) is 72.3 cm³/mol. The molecule has 106 valence electrons. The van der Waals surface area contributed by atoms with Crippen LogP contribution in [-0.2, 0) is 11.2 Å². The van der Waals surface area contributed by atoms with Crippen molar-refractivity contribution in [3.05, 3.63) is 10.6 Å². The summed E-state index contributed by atoms with van der Waals surface area (Å²) in [5, 5.41) is 15.2. The fourth-order valence-corrected chi connectivity index (χ4v) is 2.27. The van der Waals surface area contributed by atoms with E-state index in [1.807, 2.05) is 6.92 Å². The van der Waals surface area contributed by atoms with Crippen LogP contribution in [0.4, 0.5) is 0 Å². The maximum atomic E-state index is 11.9. The Kier molecular flexibility index (Phi) is 7.02. The number of nitrogens with one attached hydrogen (secondary N) is 1. The zero-order chi connectivity index (χ0) is 14.1. The summed E-state index contributed by atoms with van der Waals surface area (Å²) in [6.07, 6.45) is 4.12. The number of carbonyl (C=O) groups is 2. The predicted octanol–water partition coefficient (Wildman–Crippen LogP) is 1.87. The van der Waals surface area contributed by atoms with Gasteiger partial charge in [0.05, 0.1) is 5.69 Å². The van der Waals surface area contributed by atoms with Crippen LogP contribution in [0.25, 0.3) is 0 Å². The molecule has 0 saturated heterocycles. The average molecular weight is 285 g/mol. The van der Waals surface area contributed by atoms with E-state index in [1.165, 1.54) is 0 Å². The Hall–Kier alpha value is -1.50. The number of hydrogen-bond donors (Lipinski definition) is 2. The molecule has 0 aliphatic heterocycles. The molecule has 7 heteroatoms. The van der Waals surface area contributed by atoms with Crippen LogP contribution in [0, 0.1) is 0 Å². The molecular formula is C12H19N3O3S. The smallest absolute Gasteiger partial charge is 0.303 e. The SMILES string of the molecule is CCCc1nnsc1C(=O)NCCCCCC(=O)O. The van der Waals surface area contributed by atoms with Gasteiger partial charge in [-0.05, 0) is 30.8 Å². The molecule has 0 aliphatic carbocycles. The lowest BCUT2D eigenvalue weighted by atomic mass is 10.2. The molecular weight excluding hydrogens is 266 g/mol. The zero-order valence-electron chi connectivity index (χ0n) is 11.0. The van der Waals surface area contributed by atoms with Crippen molar-refractivity contribution in [3.63, 3.8) is 0 Å². The van der Waals surface area contributed by atoms with Gasteiger partial charge in [-0.1, -0.05) is 24.3 Å². The van der Waals surface area contributed by atoms with Crippen molar-refractivity contribution < 1.29 is 14.7 Å². The molecule has 1 heterocycles. The van der Waals surface area contributed by atoms with Gasteiger partial charge in [0.25, 0.3) is 5.91 Å². The van der Waals surface area contributed by atoms with Crippen molar-refractivity contribution >= 4 is 23.4 Å². The Morgan fingerprint density at radius 3 is 2.79 bits per heavy atom. The zero-order valence-corrected chi connectivity index (χ0v) is 11.8. The van der Waals surface area contributed by atoms with Gasteiger partial charge >= 0.3 is 5.97 Å². The second-order valence-corrected chi connectivity index (χ2v) is 5.01. The summed E-state index contributed by atoms with van der Waals surface area (Å²) in [5.41, 5.74) is 0.760. The fraction of sp³-hybridized carbons (Fsp3) is 0.667. The molecule has 1 aromatic rings. The largest absolute Gasteiger partial charge is 0.481 e. The van der Waals surface area contributed by atoms with E-state index in [-0.39, 0.29) is 12.3 Å². The van der Waals surface area contributed by atoms with Crippen LogP contribution in [-0.4, -0.2) is 33.1 Å². The third-order valence-electron chi connectivity index (χ3n) is 2.60. The molecule has 0 fully saturated rings. The number of amides is 1. The minimum Gasteiger partial charge on any atom is -0.481 e. The number of rotatable bonds is 9. The van der Waals surface area contributed by atoms with Crippen LogP contribution in [0.3, 0.4) is 0 Å². The van der Waals surface area contributed by atoms with Gasteiger partial charge in [0.15, 0.2) is 0 Å². The fourth-order valence-electron chi connectivity index (χ4n) is 1.64. The number of carbonyl (C=O) groups excluding carboxylic acids is 1. The molecule has 1 amide bonds. The van der Waals surface area contributed by atoms with Crippen LogP contribution in [0.5, 0.6) is 0 Å². The molecule has 0 unspecified atom stereocenters. The quantitative estimate of drug-likeness (QED) is 0.676. The van der Waals surface area contributed by atoms with Gasteiger partial charge in [0.1, 0.15) is 4.88 Å². The first-order valence-electron chi connectivity index (χ1n) is 6.46. The third kappa shape index (κ3) is 5.78. The molecule has 6 nitrogen and oxygen atoms in total. The molecule has 0 atom stereocenters. The lowest BCUT2D eigenvalue weighted by Crippen LogP contribution is -2.24. The monoisotopic (exact) mass is 285 g/mol. The Bertz CT molecular complexity index is 420.